The lowest BCUT2D eigenvalue weighted by Crippen LogP contribution is -2.30. The fraction of sp³-hybridized carbons (Fsp3) is 0.267. The molecule has 1 aromatic heterocycles. The van der Waals surface area contributed by atoms with Crippen LogP contribution in [-0.4, -0.2) is 28.1 Å². The van der Waals surface area contributed by atoms with E-state index in [4.69, 9.17) is 0 Å². The van der Waals surface area contributed by atoms with Crippen LogP contribution in [0.15, 0.2) is 48.7 Å². The number of benzene rings is 1. The summed E-state index contributed by atoms with van der Waals surface area (Å²) in [6.45, 7) is 1.14. The third-order valence-electron chi connectivity index (χ3n) is 3.02. The lowest BCUT2D eigenvalue weighted by molar-refractivity contribution is 0.166. The second-order valence-corrected chi connectivity index (χ2v) is 4.34. The van der Waals surface area contributed by atoms with E-state index in [1.54, 1.807) is 6.20 Å². The Morgan fingerprint density at radius 2 is 2.00 bits per heavy atom. The molecule has 1 atom stereocenters. The largest absolute Gasteiger partial charge is 0.395 e. The summed E-state index contributed by atoms with van der Waals surface area (Å²) in [5.74, 6) is 0. The normalized spacial score (nSPS) is 12.3. The lowest BCUT2D eigenvalue weighted by Gasteiger charge is -2.25. The summed E-state index contributed by atoms with van der Waals surface area (Å²) in [7, 11) is 0. The zero-order valence-electron chi connectivity index (χ0n) is 10.7. The summed E-state index contributed by atoms with van der Waals surface area (Å²) < 4.78 is 0. The summed E-state index contributed by atoms with van der Waals surface area (Å²) in [5, 5.41) is 18.6. The number of aromatic nitrogens is 1. The average Bonchev–Trinajstić information content (AvgIpc) is 2.95. The van der Waals surface area contributed by atoms with Crippen molar-refractivity contribution >= 4 is 0 Å². The molecule has 0 spiro atoms. The molecule has 0 aliphatic carbocycles. The van der Waals surface area contributed by atoms with Crippen LogP contribution >= 0.6 is 0 Å². The molecule has 0 aliphatic heterocycles. The SMILES string of the molecule is N#CC(c1ccc[nH]1)N(CCO)Cc1ccccc1. The van der Waals surface area contributed by atoms with Crippen LogP contribution in [0.25, 0.3) is 0 Å². The molecule has 1 unspecified atom stereocenters. The predicted octanol–water partition coefficient (Wildman–Crippen LogP) is 2.07. The Kier molecular flexibility index (Phi) is 4.73. The number of aromatic amines is 1. The maximum absolute atomic E-state index is 9.38. The average molecular weight is 255 g/mol. The van der Waals surface area contributed by atoms with Crippen LogP contribution in [0.1, 0.15) is 17.3 Å². The van der Waals surface area contributed by atoms with E-state index in [-0.39, 0.29) is 12.6 Å². The minimum absolute atomic E-state index is 0.0335. The number of aliphatic hydroxyl groups is 1. The van der Waals surface area contributed by atoms with Crippen molar-refractivity contribution in [2.75, 3.05) is 13.2 Å². The van der Waals surface area contributed by atoms with Gasteiger partial charge in [-0.3, -0.25) is 4.90 Å². The van der Waals surface area contributed by atoms with Crippen molar-refractivity contribution in [3.8, 4) is 6.07 Å². The number of nitrogens with one attached hydrogen (secondary N) is 1. The number of aliphatic hydroxyl groups excluding tert-OH is 1. The molecule has 0 saturated carbocycles. The highest BCUT2D eigenvalue weighted by molar-refractivity contribution is 5.19. The van der Waals surface area contributed by atoms with Gasteiger partial charge in [-0.05, 0) is 17.7 Å². The van der Waals surface area contributed by atoms with E-state index in [1.807, 2.05) is 47.4 Å². The van der Waals surface area contributed by atoms with E-state index >= 15 is 0 Å². The highest BCUT2D eigenvalue weighted by Gasteiger charge is 2.20. The van der Waals surface area contributed by atoms with Crippen LogP contribution < -0.4 is 0 Å². The zero-order valence-corrected chi connectivity index (χ0v) is 10.7. The number of nitriles is 1. The molecule has 0 saturated heterocycles. The van der Waals surface area contributed by atoms with Gasteiger partial charge in [0.1, 0.15) is 6.04 Å². The highest BCUT2D eigenvalue weighted by atomic mass is 16.3. The van der Waals surface area contributed by atoms with Crippen molar-refractivity contribution < 1.29 is 5.11 Å². The predicted molar refractivity (Wildman–Crippen MR) is 73.1 cm³/mol. The molecule has 19 heavy (non-hydrogen) atoms. The fourth-order valence-corrected chi connectivity index (χ4v) is 2.11. The summed E-state index contributed by atoms with van der Waals surface area (Å²) >= 11 is 0. The van der Waals surface area contributed by atoms with Gasteiger partial charge in [-0.2, -0.15) is 5.26 Å². The number of rotatable bonds is 6. The first-order valence-electron chi connectivity index (χ1n) is 6.27. The quantitative estimate of drug-likeness (QED) is 0.830. The first kappa shape index (κ1) is 13.3. The minimum atomic E-state index is -0.373. The highest BCUT2D eigenvalue weighted by Crippen LogP contribution is 2.20. The molecule has 4 heteroatoms. The van der Waals surface area contributed by atoms with Crippen LogP contribution in [0.5, 0.6) is 0 Å². The van der Waals surface area contributed by atoms with Gasteiger partial charge in [0.15, 0.2) is 0 Å². The third-order valence-corrected chi connectivity index (χ3v) is 3.02. The standard InChI is InChI=1S/C15H17N3O/c16-11-15(14-7-4-8-17-14)18(9-10-19)12-13-5-2-1-3-6-13/h1-8,15,17,19H,9-10,12H2. The van der Waals surface area contributed by atoms with Crippen molar-refractivity contribution in [1.29, 1.82) is 5.26 Å². The maximum atomic E-state index is 9.38. The lowest BCUT2D eigenvalue weighted by atomic mass is 10.1. The number of hydrogen-bond acceptors (Lipinski definition) is 3. The van der Waals surface area contributed by atoms with Gasteiger partial charge >= 0.3 is 0 Å². The summed E-state index contributed by atoms with van der Waals surface area (Å²) in [6.07, 6.45) is 1.80. The summed E-state index contributed by atoms with van der Waals surface area (Å²) in [4.78, 5) is 5.03. The van der Waals surface area contributed by atoms with E-state index in [1.165, 1.54) is 0 Å². The Morgan fingerprint density at radius 1 is 1.21 bits per heavy atom. The molecule has 4 nitrogen and oxygen atoms in total. The topological polar surface area (TPSA) is 63.0 Å². The van der Waals surface area contributed by atoms with Crippen LogP contribution in [-0.2, 0) is 6.54 Å². The van der Waals surface area contributed by atoms with Gasteiger partial charge in [-0.1, -0.05) is 30.3 Å². The molecule has 0 bridgehead atoms. The molecule has 0 radical (unpaired) electrons. The van der Waals surface area contributed by atoms with Crippen molar-refractivity contribution in [2.45, 2.75) is 12.6 Å². The Bertz CT molecular complexity index is 516. The number of hydrogen-bond donors (Lipinski definition) is 2. The fourth-order valence-electron chi connectivity index (χ4n) is 2.11. The molecule has 1 heterocycles. The Morgan fingerprint density at radius 3 is 2.58 bits per heavy atom. The first-order valence-corrected chi connectivity index (χ1v) is 6.27. The van der Waals surface area contributed by atoms with Crippen molar-refractivity contribution in [2.24, 2.45) is 0 Å². The molecule has 98 valence electrons. The Balaban J connectivity index is 2.17. The van der Waals surface area contributed by atoms with E-state index in [0.717, 1.165) is 11.3 Å². The molecule has 0 aliphatic rings. The molecule has 2 aromatic rings. The maximum Gasteiger partial charge on any atom is 0.139 e. The smallest absolute Gasteiger partial charge is 0.139 e. The first-order chi connectivity index (χ1) is 9.35. The van der Waals surface area contributed by atoms with Gasteiger partial charge in [0.05, 0.1) is 12.7 Å². The second-order valence-electron chi connectivity index (χ2n) is 4.34. The van der Waals surface area contributed by atoms with Gasteiger partial charge in [0.2, 0.25) is 0 Å². The van der Waals surface area contributed by atoms with Gasteiger partial charge in [-0.25, -0.2) is 0 Å². The molecule has 2 N–H and O–H groups in total. The van der Waals surface area contributed by atoms with Crippen molar-refractivity contribution in [3.63, 3.8) is 0 Å². The molecule has 0 amide bonds. The minimum Gasteiger partial charge on any atom is -0.395 e. The number of H-pyrrole nitrogens is 1. The van der Waals surface area contributed by atoms with Crippen molar-refractivity contribution in [1.82, 2.24) is 9.88 Å². The van der Waals surface area contributed by atoms with Crippen molar-refractivity contribution in [3.05, 3.63) is 59.9 Å². The van der Waals surface area contributed by atoms with Gasteiger partial charge < -0.3 is 10.1 Å². The van der Waals surface area contributed by atoms with Crippen LogP contribution in [0.2, 0.25) is 0 Å². The van der Waals surface area contributed by atoms with E-state index in [0.29, 0.717) is 13.1 Å². The monoisotopic (exact) mass is 255 g/mol. The zero-order chi connectivity index (χ0) is 13.5. The molecule has 0 fully saturated rings. The van der Waals surface area contributed by atoms with E-state index in [9.17, 15) is 10.4 Å². The van der Waals surface area contributed by atoms with E-state index < -0.39 is 0 Å². The molecular weight excluding hydrogens is 238 g/mol. The summed E-state index contributed by atoms with van der Waals surface area (Å²) in [5.41, 5.74) is 1.98. The Hall–Kier alpha value is -2.09. The van der Waals surface area contributed by atoms with Gasteiger partial charge in [-0.15, -0.1) is 0 Å². The number of nitrogens with zero attached hydrogens (tertiary/aromatic N) is 2. The summed E-state index contributed by atoms with van der Waals surface area (Å²) in [6, 6.07) is 15.6. The van der Waals surface area contributed by atoms with E-state index in [2.05, 4.69) is 11.1 Å². The van der Waals surface area contributed by atoms with Gasteiger partial charge in [0, 0.05) is 25.0 Å². The molecule has 1 aromatic carbocycles. The second kappa shape index (κ2) is 6.74. The molecular formula is C15H17N3O. The van der Waals surface area contributed by atoms with Crippen LogP contribution in [0, 0.1) is 11.3 Å². The van der Waals surface area contributed by atoms with Crippen LogP contribution in [0.3, 0.4) is 0 Å². The van der Waals surface area contributed by atoms with Crippen LogP contribution in [0.4, 0.5) is 0 Å². The third kappa shape index (κ3) is 3.44. The molecule has 2 rings (SSSR count). The van der Waals surface area contributed by atoms with Gasteiger partial charge in [0.25, 0.3) is 0 Å². The Labute approximate surface area is 112 Å².